The van der Waals surface area contributed by atoms with Crippen molar-refractivity contribution in [2.75, 3.05) is 10.7 Å². The minimum absolute atomic E-state index is 0.285. The van der Waals surface area contributed by atoms with Gasteiger partial charge in [0.05, 0.1) is 16.8 Å². The van der Waals surface area contributed by atoms with Gasteiger partial charge in [0.1, 0.15) is 0 Å². The maximum atomic E-state index is 12.4. The van der Waals surface area contributed by atoms with Gasteiger partial charge in [-0.15, -0.1) is 0 Å². The van der Waals surface area contributed by atoms with Crippen molar-refractivity contribution in [2.24, 2.45) is 5.84 Å². The molecule has 0 aliphatic rings. The summed E-state index contributed by atoms with van der Waals surface area (Å²) in [4.78, 5) is 20.6. The van der Waals surface area contributed by atoms with Crippen LogP contribution in [-0.4, -0.2) is 15.9 Å². The number of amides is 1. The molecule has 1 aromatic carbocycles. The standard InChI is InChI=1S/C15H13N5O/c16-20-14-11(5-3-9-18-14)15(21)19-13-7-1-6-12-10(13)4-2-8-17-12/h1-9H,16H2,(H,18,20)(H,19,21). The molecule has 0 unspecified atom stereocenters. The van der Waals surface area contributed by atoms with Gasteiger partial charge >= 0.3 is 0 Å². The Morgan fingerprint density at radius 2 is 1.81 bits per heavy atom. The van der Waals surface area contributed by atoms with E-state index in [0.29, 0.717) is 17.1 Å². The minimum Gasteiger partial charge on any atom is -0.321 e. The zero-order chi connectivity index (χ0) is 14.7. The van der Waals surface area contributed by atoms with Crippen LogP contribution in [0, 0.1) is 0 Å². The number of pyridine rings is 2. The van der Waals surface area contributed by atoms with E-state index in [0.717, 1.165) is 10.9 Å². The minimum atomic E-state index is -0.285. The van der Waals surface area contributed by atoms with Crippen LogP contribution in [0.3, 0.4) is 0 Å². The predicted octanol–water partition coefficient (Wildman–Crippen LogP) is 2.17. The number of rotatable bonds is 3. The van der Waals surface area contributed by atoms with Crippen LogP contribution in [0.15, 0.2) is 54.9 Å². The van der Waals surface area contributed by atoms with Gasteiger partial charge in [-0.3, -0.25) is 9.78 Å². The molecule has 3 aromatic rings. The molecule has 1 amide bonds. The summed E-state index contributed by atoms with van der Waals surface area (Å²) in [6.45, 7) is 0. The molecule has 3 rings (SSSR count). The first-order chi connectivity index (χ1) is 10.3. The average Bonchev–Trinajstić information content (AvgIpc) is 2.55. The van der Waals surface area contributed by atoms with E-state index in [4.69, 9.17) is 5.84 Å². The first-order valence-corrected chi connectivity index (χ1v) is 6.36. The van der Waals surface area contributed by atoms with Gasteiger partial charge in [0.25, 0.3) is 5.91 Å². The third-order valence-electron chi connectivity index (χ3n) is 3.08. The zero-order valence-corrected chi connectivity index (χ0v) is 11.1. The number of carbonyl (C=O) groups is 1. The van der Waals surface area contributed by atoms with Gasteiger partial charge in [0.15, 0.2) is 5.82 Å². The quantitative estimate of drug-likeness (QED) is 0.504. The molecule has 2 aromatic heterocycles. The van der Waals surface area contributed by atoms with Crippen molar-refractivity contribution in [1.29, 1.82) is 0 Å². The predicted molar refractivity (Wildman–Crippen MR) is 81.7 cm³/mol. The van der Waals surface area contributed by atoms with Crippen LogP contribution in [0.2, 0.25) is 0 Å². The maximum absolute atomic E-state index is 12.4. The number of carbonyl (C=O) groups excluding carboxylic acids is 1. The fourth-order valence-electron chi connectivity index (χ4n) is 2.11. The Hall–Kier alpha value is -2.99. The van der Waals surface area contributed by atoms with E-state index in [2.05, 4.69) is 20.7 Å². The molecule has 6 heteroatoms. The molecular formula is C15H13N5O. The van der Waals surface area contributed by atoms with E-state index in [1.54, 1.807) is 24.5 Å². The van der Waals surface area contributed by atoms with Crippen LogP contribution in [0.5, 0.6) is 0 Å². The Balaban J connectivity index is 1.97. The molecule has 0 fully saturated rings. The normalized spacial score (nSPS) is 10.3. The molecule has 0 aliphatic heterocycles. The highest BCUT2D eigenvalue weighted by molar-refractivity contribution is 6.10. The largest absolute Gasteiger partial charge is 0.321 e. The molecule has 0 saturated carbocycles. The summed E-state index contributed by atoms with van der Waals surface area (Å²) < 4.78 is 0. The Labute approximate surface area is 121 Å². The van der Waals surface area contributed by atoms with Crippen LogP contribution in [0.1, 0.15) is 10.4 Å². The number of fused-ring (bicyclic) bond motifs is 1. The lowest BCUT2D eigenvalue weighted by molar-refractivity contribution is 0.102. The van der Waals surface area contributed by atoms with Crippen LogP contribution >= 0.6 is 0 Å². The Bertz CT molecular complexity index is 797. The highest BCUT2D eigenvalue weighted by Gasteiger charge is 2.12. The zero-order valence-electron chi connectivity index (χ0n) is 11.1. The number of hydrogen-bond donors (Lipinski definition) is 3. The lowest BCUT2D eigenvalue weighted by Gasteiger charge is -2.10. The first kappa shape index (κ1) is 13.0. The number of anilines is 2. The number of nitrogens with two attached hydrogens (primary N) is 1. The second kappa shape index (κ2) is 5.56. The van der Waals surface area contributed by atoms with Gasteiger partial charge in [-0.05, 0) is 36.4 Å². The van der Waals surface area contributed by atoms with Crippen molar-refractivity contribution < 1.29 is 4.79 Å². The molecule has 6 nitrogen and oxygen atoms in total. The Kier molecular flexibility index (Phi) is 3.44. The van der Waals surface area contributed by atoms with E-state index < -0.39 is 0 Å². The summed E-state index contributed by atoms with van der Waals surface area (Å²) in [7, 11) is 0. The van der Waals surface area contributed by atoms with Crippen molar-refractivity contribution in [3.8, 4) is 0 Å². The third-order valence-corrected chi connectivity index (χ3v) is 3.08. The number of nitrogens with one attached hydrogen (secondary N) is 2. The second-order valence-corrected chi connectivity index (χ2v) is 4.37. The number of hydrogen-bond acceptors (Lipinski definition) is 5. The maximum Gasteiger partial charge on any atom is 0.259 e. The van der Waals surface area contributed by atoms with Gasteiger partial charge in [0, 0.05) is 17.8 Å². The topological polar surface area (TPSA) is 92.9 Å². The van der Waals surface area contributed by atoms with Gasteiger partial charge in [-0.25, -0.2) is 10.8 Å². The van der Waals surface area contributed by atoms with Gasteiger partial charge in [-0.2, -0.15) is 0 Å². The van der Waals surface area contributed by atoms with Crippen molar-refractivity contribution in [2.45, 2.75) is 0 Å². The first-order valence-electron chi connectivity index (χ1n) is 6.36. The second-order valence-electron chi connectivity index (χ2n) is 4.37. The van der Waals surface area contributed by atoms with Crippen molar-refractivity contribution >= 4 is 28.3 Å². The van der Waals surface area contributed by atoms with Gasteiger partial charge in [-0.1, -0.05) is 6.07 Å². The van der Waals surface area contributed by atoms with Crippen molar-refractivity contribution in [1.82, 2.24) is 9.97 Å². The smallest absolute Gasteiger partial charge is 0.259 e. The fourth-order valence-corrected chi connectivity index (χ4v) is 2.11. The van der Waals surface area contributed by atoms with Crippen molar-refractivity contribution in [3.05, 3.63) is 60.4 Å². The number of benzene rings is 1. The number of nitrogen functional groups attached to an aromatic ring is 1. The van der Waals surface area contributed by atoms with E-state index >= 15 is 0 Å². The number of nitrogens with zero attached hydrogens (tertiary/aromatic N) is 2. The van der Waals surface area contributed by atoms with E-state index in [1.165, 1.54) is 0 Å². The van der Waals surface area contributed by atoms with Crippen LogP contribution in [0.25, 0.3) is 10.9 Å². The summed E-state index contributed by atoms with van der Waals surface area (Å²) in [6, 6.07) is 12.6. The van der Waals surface area contributed by atoms with E-state index in [-0.39, 0.29) is 5.91 Å². The fraction of sp³-hybridized carbons (Fsp3) is 0. The molecule has 104 valence electrons. The molecule has 0 saturated heterocycles. The molecule has 0 bridgehead atoms. The molecule has 21 heavy (non-hydrogen) atoms. The van der Waals surface area contributed by atoms with Gasteiger partial charge in [0.2, 0.25) is 0 Å². The molecule has 0 aliphatic carbocycles. The van der Waals surface area contributed by atoms with Gasteiger partial charge < -0.3 is 10.7 Å². The molecular weight excluding hydrogens is 266 g/mol. The lowest BCUT2D eigenvalue weighted by Crippen LogP contribution is -2.18. The average molecular weight is 279 g/mol. The third kappa shape index (κ3) is 2.52. The highest BCUT2D eigenvalue weighted by Crippen LogP contribution is 2.22. The number of hydrazine groups is 1. The molecule has 0 atom stereocenters. The summed E-state index contributed by atoms with van der Waals surface area (Å²) in [5, 5.41) is 3.74. The summed E-state index contributed by atoms with van der Waals surface area (Å²) in [6.07, 6.45) is 3.28. The summed E-state index contributed by atoms with van der Waals surface area (Å²) in [5.74, 6) is 5.41. The van der Waals surface area contributed by atoms with E-state index in [1.807, 2.05) is 30.3 Å². The summed E-state index contributed by atoms with van der Waals surface area (Å²) >= 11 is 0. The molecule has 4 N–H and O–H groups in total. The molecule has 0 radical (unpaired) electrons. The highest BCUT2D eigenvalue weighted by atomic mass is 16.1. The lowest BCUT2D eigenvalue weighted by atomic mass is 10.1. The monoisotopic (exact) mass is 279 g/mol. The molecule has 2 heterocycles. The van der Waals surface area contributed by atoms with E-state index in [9.17, 15) is 4.79 Å². The van der Waals surface area contributed by atoms with Crippen molar-refractivity contribution in [3.63, 3.8) is 0 Å². The summed E-state index contributed by atoms with van der Waals surface area (Å²) in [5.41, 5.74) is 4.30. The van der Waals surface area contributed by atoms with Crippen LogP contribution in [0.4, 0.5) is 11.5 Å². The Morgan fingerprint density at radius 3 is 2.67 bits per heavy atom. The Morgan fingerprint density at radius 1 is 1.00 bits per heavy atom. The SMILES string of the molecule is NNc1ncccc1C(=O)Nc1cccc2ncccc12. The van der Waals surface area contributed by atoms with Crippen LogP contribution < -0.4 is 16.6 Å². The molecule has 0 spiro atoms. The number of aromatic nitrogens is 2. The van der Waals surface area contributed by atoms with Crippen LogP contribution in [-0.2, 0) is 0 Å².